The maximum Gasteiger partial charge on any atom is 0.137 e. The Labute approximate surface area is 130 Å². The van der Waals surface area contributed by atoms with Gasteiger partial charge in [-0.15, -0.1) is 0 Å². The van der Waals surface area contributed by atoms with E-state index >= 15 is 0 Å². The summed E-state index contributed by atoms with van der Waals surface area (Å²) in [6.07, 6.45) is 0. The van der Waals surface area contributed by atoms with Crippen LogP contribution in [0, 0.1) is 6.92 Å². The van der Waals surface area contributed by atoms with E-state index in [1.807, 2.05) is 49.4 Å². The van der Waals surface area contributed by atoms with Gasteiger partial charge in [-0.25, -0.2) is 0 Å². The Morgan fingerprint density at radius 1 is 1.15 bits per heavy atom. The molecule has 0 aliphatic heterocycles. The SMILES string of the molecule is Cc1cc(Br)cc2cc(C(N)c3ccc(Cl)cc3)oc12. The third kappa shape index (κ3) is 2.49. The predicted molar refractivity (Wildman–Crippen MR) is 86.1 cm³/mol. The molecule has 0 aliphatic rings. The molecule has 1 aromatic heterocycles. The Kier molecular flexibility index (Phi) is 3.59. The van der Waals surface area contributed by atoms with Crippen LogP contribution in [0.25, 0.3) is 11.0 Å². The van der Waals surface area contributed by atoms with E-state index in [0.29, 0.717) is 5.02 Å². The lowest BCUT2D eigenvalue weighted by Gasteiger charge is -2.08. The zero-order valence-electron chi connectivity index (χ0n) is 10.9. The molecule has 3 rings (SSSR count). The molecular formula is C16H13BrClNO. The Morgan fingerprint density at radius 2 is 1.85 bits per heavy atom. The van der Waals surface area contributed by atoms with Gasteiger partial charge in [-0.05, 0) is 48.4 Å². The van der Waals surface area contributed by atoms with Crippen LogP contribution in [0.1, 0.15) is 22.9 Å². The van der Waals surface area contributed by atoms with Crippen LogP contribution in [0.5, 0.6) is 0 Å². The van der Waals surface area contributed by atoms with Crippen LogP contribution in [0.3, 0.4) is 0 Å². The third-order valence-electron chi connectivity index (χ3n) is 3.32. The highest BCUT2D eigenvalue weighted by atomic mass is 79.9. The Morgan fingerprint density at radius 3 is 2.55 bits per heavy atom. The minimum absolute atomic E-state index is 0.294. The first-order valence-corrected chi connectivity index (χ1v) is 7.42. The minimum atomic E-state index is -0.294. The second kappa shape index (κ2) is 5.24. The molecule has 2 aromatic carbocycles. The monoisotopic (exact) mass is 349 g/mol. The van der Waals surface area contributed by atoms with Crippen molar-refractivity contribution in [3.8, 4) is 0 Å². The number of nitrogens with two attached hydrogens (primary N) is 1. The van der Waals surface area contributed by atoms with Gasteiger partial charge in [-0.3, -0.25) is 0 Å². The molecule has 0 saturated heterocycles. The average Bonchev–Trinajstić information content (AvgIpc) is 2.83. The summed E-state index contributed by atoms with van der Waals surface area (Å²) in [6.45, 7) is 2.02. The first-order chi connectivity index (χ1) is 9.54. The van der Waals surface area contributed by atoms with E-state index in [2.05, 4.69) is 15.9 Å². The van der Waals surface area contributed by atoms with Crippen LogP contribution in [-0.4, -0.2) is 0 Å². The number of benzene rings is 2. The van der Waals surface area contributed by atoms with Crippen LogP contribution in [-0.2, 0) is 0 Å². The molecule has 4 heteroatoms. The first-order valence-electron chi connectivity index (χ1n) is 6.25. The van der Waals surface area contributed by atoms with E-state index in [1.165, 1.54) is 0 Å². The van der Waals surface area contributed by atoms with Gasteiger partial charge in [0.1, 0.15) is 11.3 Å². The van der Waals surface area contributed by atoms with Crippen molar-refractivity contribution in [3.05, 3.63) is 68.8 Å². The molecule has 3 aromatic rings. The van der Waals surface area contributed by atoms with E-state index in [4.69, 9.17) is 21.8 Å². The maximum atomic E-state index is 6.27. The maximum absolute atomic E-state index is 6.27. The molecule has 1 unspecified atom stereocenters. The molecule has 0 radical (unpaired) electrons. The molecule has 102 valence electrons. The first kappa shape index (κ1) is 13.7. The van der Waals surface area contributed by atoms with Gasteiger partial charge in [0.05, 0.1) is 6.04 Å². The van der Waals surface area contributed by atoms with Crippen molar-refractivity contribution in [3.63, 3.8) is 0 Å². The molecular weight excluding hydrogens is 338 g/mol. The van der Waals surface area contributed by atoms with Crippen molar-refractivity contribution in [1.82, 2.24) is 0 Å². The summed E-state index contributed by atoms with van der Waals surface area (Å²) in [5, 5.41) is 1.75. The van der Waals surface area contributed by atoms with E-state index in [9.17, 15) is 0 Å². The molecule has 2 nitrogen and oxygen atoms in total. The lowest BCUT2D eigenvalue weighted by Crippen LogP contribution is -2.10. The molecule has 0 spiro atoms. The molecule has 0 bridgehead atoms. The van der Waals surface area contributed by atoms with Crippen molar-refractivity contribution in [2.45, 2.75) is 13.0 Å². The zero-order valence-corrected chi connectivity index (χ0v) is 13.2. The second-order valence-electron chi connectivity index (χ2n) is 4.82. The molecule has 0 fully saturated rings. The number of fused-ring (bicyclic) bond motifs is 1. The number of rotatable bonds is 2. The zero-order chi connectivity index (χ0) is 14.3. The standard InChI is InChI=1S/C16H13BrClNO/c1-9-6-12(17)7-11-8-14(20-16(9)11)15(19)10-2-4-13(18)5-3-10/h2-8,15H,19H2,1H3. The number of hydrogen-bond acceptors (Lipinski definition) is 2. The van der Waals surface area contributed by atoms with Gasteiger partial charge < -0.3 is 10.2 Å². The fraction of sp³-hybridized carbons (Fsp3) is 0.125. The summed E-state index contributed by atoms with van der Waals surface area (Å²) >= 11 is 9.39. The molecule has 0 aliphatic carbocycles. The number of hydrogen-bond donors (Lipinski definition) is 1. The number of halogens is 2. The van der Waals surface area contributed by atoms with Crippen molar-refractivity contribution in [1.29, 1.82) is 0 Å². The average molecular weight is 351 g/mol. The van der Waals surface area contributed by atoms with Gasteiger partial charge in [0.25, 0.3) is 0 Å². The third-order valence-corrected chi connectivity index (χ3v) is 4.03. The molecule has 0 amide bonds. The smallest absolute Gasteiger partial charge is 0.137 e. The summed E-state index contributed by atoms with van der Waals surface area (Å²) in [7, 11) is 0. The van der Waals surface area contributed by atoms with Crippen LogP contribution >= 0.6 is 27.5 Å². The van der Waals surface area contributed by atoms with Gasteiger partial charge in [0.2, 0.25) is 0 Å². The highest BCUT2D eigenvalue weighted by Crippen LogP contribution is 2.31. The number of furan rings is 1. The molecule has 20 heavy (non-hydrogen) atoms. The van der Waals surface area contributed by atoms with Crippen LogP contribution in [0.2, 0.25) is 5.02 Å². The van der Waals surface area contributed by atoms with E-state index in [-0.39, 0.29) is 6.04 Å². The summed E-state index contributed by atoms with van der Waals surface area (Å²) in [5.74, 6) is 0.753. The van der Waals surface area contributed by atoms with Crippen LogP contribution in [0.15, 0.2) is 51.4 Å². The van der Waals surface area contributed by atoms with E-state index in [1.54, 1.807) is 0 Å². The Balaban J connectivity index is 2.05. The normalized spacial score (nSPS) is 12.8. The topological polar surface area (TPSA) is 39.2 Å². The Bertz CT molecular complexity index is 764. The van der Waals surface area contributed by atoms with Gasteiger partial charge in [0, 0.05) is 14.9 Å². The summed E-state index contributed by atoms with van der Waals surface area (Å²) < 4.78 is 6.96. The highest BCUT2D eigenvalue weighted by molar-refractivity contribution is 9.10. The van der Waals surface area contributed by atoms with Crippen molar-refractivity contribution in [2.24, 2.45) is 5.73 Å². The molecule has 1 heterocycles. The lowest BCUT2D eigenvalue weighted by atomic mass is 10.1. The van der Waals surface area contributed by atoms with E-state index < -0.39 is 0 Å². The van der Waals surface area contributed by atoms with Gasteiger partial charge in [0.15, 0.2) is 0 Å². The molecule has 1 atom stereocenters. The van der Waals surface area contributed by atoms with Crippen LogP contribution in [0.4, 0.5) is 0 Å². The quantitative estimate of drug-likeness (QED) is 0.689. The minimum Gasteiger partial charge on any atom is -0.459 e. The fourth-order valence-corrected chi connectivity index (χ4v) is 3.01. The highest BCUT2D eigenvalue weighted by Gasteiger charge is 2.15. The summed E-state index contributed by atoms with van der Waals surface area (Å²) in [5.41, 5.74) is 9.22. The second-order valence-corrected chi connectivity index (χ2v) is 6.17. The summed E-state index contributed by atoms with van der Waals surface area (Å²) in [6, 6.07) is 13.3. The molecule has 2 N–H and O–H groups in total. The Hall–Kier alpha value is -1.29. The van der Waals surface area contributed by atoms with Crippen LogP contribution < -0.4 is 5.73 Å². The number of aryl methyl sites for hydroxylation is 1. The van der Waals surface area contributed by atoms with Crippen molar-refractivity contribution >= 4 is 38.5 Å². The van der Waals surface area contributed by atoms with Gasteiger partial charge in [-0.1, -0.05) is 39.7 Å². The van der Waals surface area contributed by atoms with Crippen molar-refractivity contribution in [2.75, 3.05) is 0 Å². The predicted octanol–water partition coefficient (Wildman–Crippen LogP) is 5.21. The summed E-state index contributed by atoms with van der Waals surface area (Å²) in [4.78, 5) is 0. The van der Waals surface area contributed by atoms with Gasteiger partial charge in [-0.2, -0.15) is 0 Å². The molecule has 0 saturated carbocycles. The lowest BCUT2D eigenvalue weighted by molar-refractivity contribution is 0.523. The largest absolute Gasteiger partial charge is 0.459 e. The fourth-order valence-electron chi connectivity index (χ4n) is 2.29. The van der Waals surface area contributed by atoms with E-state index in [0.717, 1.165) is 32.3 Å². The van der Waals surface area contributed by atoms with Gasteiger partial charge >= 0.3 is 0 Å². The van der Waals surface area contributed by atoms with Crippen molar-refractivity contribution < 1.29 is 4.42 Å².